The summed E-state index contributed by atoms with van der Waals surface area (Å²) in [5.41, 5.74) is 15.0. The summed E-state index contributed by atoms with van der Waals surface area (Å²) in [6, 6.07) is 5.90. The van der Waals surface area contributed by atoms with Crippen LogP contribution in [0.15, 0.2) is 29.4 Å². The molecule has 1 saturated heterocycles. The van der Waals surface area contributed by atoms with Crippen molar-refractivity contribution in [3.8, 4) is 11.3 Å². The van der Waals surface area contributed by atoms with Crippen LogP contribution in [-0.4, -0.2) is 67.4 Å². The summed E-state index contributed by atoms with van der Waals surface area (Å²) >= 11 is 0. The predicted octanol–water partition coefficient (Wildman–Crippen LogP) is 6.87. The van der Waals surface area contributed by atoms with E-state index in [0.717, 1.165) is 78.2 Å². The molecule has 43 heavy (non-hydrogen) atoms. The molecule has 2 saturated carbocycles. The van der Waals surface area contributed by atoms with Crippen molar-refractivity contribution in [2.75, 3.05) is 39.5 Å². The van der Waals surface area contributed by atoms with Gasteiger partial charge in [-0.05, 0) is 95.0 Å². The Kier molecular flexibility index (Phi) is 19.3. The summed E-state index contributed by atoms with van der Waals surface area (Å²) in [6.07, 6.45) is 19.4. The highest BCUT2D eigenvalue weighted by Crippen LogP contribution is 2.53. The highest BCUT2D eigenvalue weighted by Gasteiger charge is 2.44. The summed E-state index contributed by atoms with van der Waals surface area (Å²) < 4.78 is 0. The van der Waals surface area contributed by atoms with E-state index in [9.17, 15) is 4.79 Å². The molecule has 1 spiro atoms. The summed E-state index contributed by atoms with van der Waals surface area (Å²) in [5.74, 6) is 2.46. The second kappa shape index (κ2) is 21.8. The molecular formula is C35H60N6O2. The number of Topliss-reactive ketones (excluding diaryl/α,β-unsaturated/α-hetero) is 1. The van der Waals surface area contributed by atoms with E-state index in [1.165, 1.54) is 52.4 Å². The third-order valence-electron chi connectivity index (χ3n) is 8.40. The molecule has 1 aliphatic heterocycles. The molecule has 242 valence electrons. The highest BCUT2D eigenvalue weighted by atomic mass is 16.1. The number of carbonyl (C=O) groups is 2. The lowest BCUT2D eigenvalue weighted by Crippen LogP contribution is -2.35. The number of hydrogen-bond acceptors (Lipinski definition) is 7. The molecule has 3 fully saturated rings. The maximum Gasteiger partial charge on any atom is 0.132 e. The second-order valence-electron chi connectivity index (χ2n) is 11.5. The van der Waals surface area contributed by atoms with E-state index >= 15 is 0 Å². The minimum atomic E-state index is 0.367. The monoisotopic (exact) mass is 596 g/mol. The van der Waals surface area contributed by atoms with Gasteiger partial charge in [-0.1, -0.05) is 39.7 Å². The van der Waals surface area contributed by atoms with Crippen molar-refractivity contribution >= 4 is 24.5 Å². The number of nitrogens with two attached hydrogens (primary N) is 2. The number of carbonyl (C=O) groups excluding carboxylic acids is 2. The van der Waals surface area contributed by atoms with Crippen molar-refractivity contribution < 1.29 is 9.59 Å². The van der Waals surface area contributed by atoms with E-state index < -0.39 is 0 Å². The molecule has 0 unspecified atom stereocenters. The smallest absolute Gasteiger partial charge is 0.132 e. The first-order valence-corrected chi connectivity index (χ1v) is 16.5. The van der Waals surface area contributed by atoms with Crippen molar-refractivity contribution in [2.45, 2.75) is 104 Å². The standard InChI is InChI=1S/C20H28N4O.C11H19N.C2H6.CH5N.CH2O/c1-3-17(25)8-6-4-5-7-9-20-23-14-19(24-20)15-10-11-18(21)16(12-15)13-22-2;1-2-10(1)9-12-7-5-11(3-4-11)6-8-12;3*1-2/h10-14H,3-9,21H2,1-2H3,(H,23,24);10H,1-9H2;1-2H3;2H2,1H3;1H2. The Labute approximate surface area is 261 Å². The van der Waals surface area contributed by atoms with Gasteiger partial charge in [0.15, 0.2) is 0 Å². The van der Waals surface area contributed by atoms with Crippen molar-refractivity contribution in [1.29, 1.82) is 0 Å². The van der Waals surface area contributed by atoms with E-state index in [4.69, 9.17) is 10.5 Å². The predicted molar refractivity (Wildman–Crippen MR) is 183 cm³/mol. The first-order valence-electron chi connectivity index (χ1n) is 16.5. The number of nitrogen functional groups attached to an aromatic ring is 1. The van der Waals surface area contributed by atoms with E-state index in [1.807, 2.05) is 52.0 Å². The van der Waals surface area contributed by atoms with Crippen LogP contribution in [0.4, 0.5) is 5.69 Å². The van der Waals surface area contributed by atoms with Crippen molar-refractivity contribution in [1.82, 2.24) is 14.9 Å². The molecule has 2 aromatic rings. The number of hydrogen-bond donors (Lipinski definition) is 3. The molecule has 8 heteroatoms. The quantitative estimate of drug-likeness (QED) is 0.139. The topological polar surface area (TPSA) is 130 Å². The number of nitrogens with zero attached hydrogens (tertiary/aromatic N) is 3. The zero-order chi connectivity index (χ0) is 32.1. The van der Waals surface area contributed by atoms with Gasteiger partial charge in [-0.25, -0.2) is 4.98 Å². The number of rotatable bonds is 12. The van der Waals surface area contributed by atoms with Gasteiger partial charge in [0, 0.05) is 55.9 Å². The number of anilines is 1. The minimum absolute atomic E-state index is 0.367. The number of nitrogens with one attached hydrogen (secondary N) is 1. The zero-order valence-corrected chi connectivity index (χ0v) is 27.8. The van der Waals surface area contributed by atoms with E-state index in [-0.39, 0.29) is 0 Å². The van der Waals surface area contributed by atoms with Crippen molar-refractivity contribution in [3.63, 3.8) is 0 Å². The molecule has 0 amide bonds. The van der Waals surface area contributed by atoms with Crippen LogP contribution in [0.5, 0.6) is 0 Å². The summed E-state index contributed by atoms with van der Waals surface area (Å²) in [7, 11) is 3.23. The first kappa shape index (κ1) is 38.2. The van der Waals surface area contributed by atoms with Crippen LogP contribution in [0.2, 0.25) is 0 Å². The maximum absolute atomic E-state index is 11.3. The molecule has 5 rings (SSSR count). The van der Waals surface area contributed by atoms with E-state index in [2.05, 4.69) is 25.6 Å². The number of imidazole rings is 1. The fourth-order valence-electron chi connectivity index (χ4n) is 5.33. The number of benzene rings is 1. The molecule has 5 N–H and O–H groups in total. The average Bonchev–Trinajstić information content (AvgIpc) is 3.98. The number of ketones is 1. The fraction of sp³-hybridized carbons (Fsp3) is 0.657. The molecule has 2 aliphatic carbocycles. The minimum Gasteiger partial charge on any atom is -0.398 e. The lowest BCUT2D eigenvalue weighted by atomic mass is 9.93. The van der Waals surface area contributed by atoms with Gasteiger partial charge in [0.25, 0.3) is 0 Å². The van der Waals surface area contributed by atoms with Crippen LogP contribution in [0, 0.1) is 11.3 Å². The van der Waals surface area contributed by atoms with Crippen LogP contribution >= 0.6 is 0 Å². The number of H-pyrrole nitrogens is 1. The first-order chi connectivity index (χ1) is 21.0. The van der Waals surface area contributed by atoms with E-state index in [0.29, 0.717) is 12.2 Å². The number of aromatic nitrogens is 2. The van der Waals surface area contributed by atoms with Gasteiger partial charge in [0.1, 0.15) is 18.4 Å². The Morgan fingerprint density at radius 2 is 1.74 bits per heavy atom. The number of aryl methyl sites for hydroxylation is 1. The third-order valence-corrected chi connectivity index (χ3v) is 8.40. The maximum atomic E-state index is 11.3. The molecule has 1 aromatic carbocycles. The van der Waals surface area contributed by atoms with Crippen LogP contribution < -0.4 is 11.5 Å². The molecule has 0 atom stereocenters. The summed E-state index contributed by atoms with van der Waals surface area (Å²) in [5, 5.41) is 0. The lowest BCUT2D eigenvalue weighted by molar-refractivity contribution is -0.118. The van der Waals surface area contributed by atoms with Gasteiger partial charge >= 0.3 is 0 Å². The van der Waals surface area contributed by atoms with Crippen LogP contribution in [0.3, 0.4) is 0 Å². The zero-order valence-electron chi connectivity index (χ0n) is 27.8. The van der Waals surface area contributed by atoms with Gasteiger partial charge in [-0.3, -0.25) is 9.79 Å². The van der Waals surface area contributed by atoms with Gasteiger partial charge in [0.05, 0.1) is 11.9 Å². The number of unbranched alkanes of at least 4 members (excludes halogenated alkanes) is 3. The summed E-state index contributed by atoms with van der Waals surface area (Å²) in [4.78, 5) is 33.9. The molecule has 8 nitrogen and oxygen atoms in total. The Morgan fingerprint density at radius 3 is 2.33 bits per heavy atom. The highest BCUT2D eigenvalue weighted by molar-refractivity contribution is 5.89. The Balaban J connectivity index is 0.000000423. The summed E-state index contributed by atoms with van der Waals surface area (Å²) in [6.45, 7) is 12.2. The molecule has 1 aromatic heterocycles. The molecule has 0 bridgehead atoms. The molecule has 2 heterocycles. The normalized spacial score (nSPS) is 16.4. The number of piperidine rings is 1. The Hall–Kier alpha value is -2.84. The van der Waals surface area contributed by atoms with Gasteiger partial charge in [-0.15, -0.1) is 0 Å². The van der Waals surface area contributed by atoms with Crippen molar-refractivity contribution in [2.24, 2.45) is 22.1 Å². The largest absolute Gasteiger partial charge is 0.398 e. The van der Waals surface area contributed by atoms with Crippen LogP contribution in [-0.2, 0) is 16.0 Å². The van der Waals surface area contributed by atoms with Crippen LogP contribution in [0.1, 0.15) is 109 Å². The number of likely N-dealkylation sites (tertiary alicyclic amines) is 1. The molecule has 0 radical (unpaired) electrons. The number of aliphatic imine (C=N–C) groups is 1. The SMILES string of the molecule is C1CC1CN1CCC2(CC1)CC2.C=O.CC.CCC(=O)CCCCCCc1ncc(-c2ccc(N)c(C=NC)c2)[nH]1.CN. The van der Waals surface area contributed by atoms with Crippen molar-refractivity contribution in [3.05, 3.63) is 35.8 Å². The Morgan fingerprint density at radius 1 is 1.09 bits per heavy atom. The molecular weight excluding hydrogens is 536 g/mol. The van der Waals surface area contributed by atoms with Gasteiger partial charge in [-0.2, -0.15) is 0 Å². The van der Waals surface area contributed by atoms with E-state index in [1.54, 1.807) is 26.1 Å². The third kappa shape index (κ3) is 14.5. The Bertz CT molecular complexity index is 1050. The second-order valence-corrected chi connectivity index (χ2v) is 11.5. The number of aromatic amines is 1. The van der Waals surface area contributed by atoms with Gasteiger partial charge in [0.2, 0.25) is 0 Å². The van der Waals surface area contributed by atoms with Crippen LogP contribution in [0.25, 0.3) is 11.3 Å². The lowest BCUT2D eigenvalue weighted by Gasteiger charge is -2.31. The molecule has 3 aliphatic rings. The fourth-order valence-corrected chi connectivity index (χ4v) is 5.33. The van der Waals surface area contributed by atoms with Gasteiger partial charge < -0.3 is 26.1 Å². The average molecular weight is 597 g/mol.